The van der Waals surface area contributed by atoms with Gasteiger partial charge in [-0.25, -0.2) is 0 Å². The molecule has 0 saturated carbocycles. The number of nitro benzene ring substituents is 1. The summed E-state index contributed by atoms with van der Waals surface area (Å²) in [6, 6.07) is 5.29. The monoisotopic (exact) mass is 250 g/mol. The molecule has 0 aliphatic carbocycles. The minimum absolute atomic E-state index is 0.0809. The molecular formula is C12H14N2O4. The van der Waals surface area contributed by atoms with Crippen molar-refractivity contribution in [3.8, 4) is 0 Å². The summed E-state index contributed by atoms with van der Waals surface area (Å²) in [6.45, 7) is 3.30. The first-order valence-electron chi connectivity index (χ1n) is 5.31. The van der Waals surface area contributed by atoms with Crippen LogP contribution in [0, 0.1) is 10.1 Å². The van der Waals surface area contributed by atoms with E-state index in [1.165, 1.54) is 18.2 Å². The third-order valence-electron chi connectivity index (χ3n) is 2.28. The predicted molar refractivity (Wildman–Crippen MR) is 65.7 cm³/mol. The number of benzene rings is 1. The van der Waals surface area contributed by atoms with Crippen LogP contribution in [0.25, 0.3) is 0 Å². The predicted octanol–water partition coefficient (Wildman–Crippen LogP) is 1.54. The largest absolute Gasteiger partial charge is 0.459 e. The fourth-order valence-corrected chi connectivity index (χ4v) is 1.34. The minimum atomic E-state index is -0.787. The molecule has 0 unspecified atom stereocenters. The Bertz CT molecular complexity index is 459. The Kier molecular flexibility index (Phi) is 5.01. The highest BCUT2D eigenvalue weighted by Gasteiger charge is 2.17. The molecule has 6 heteroatoms. The summed E-state index contributed by atoms with van der Waals surface area (Å²) in [4.78, 5) is 21.6. The Morgan fingerprint density at radius 3 is 2.83 bits per heavy atom. The normalized spacial score (nSPS) is 11.6. The maximum atomic E-state index is 11.4. The molecule has 0 fully saturated rings. The third kappa shape index (κ3) is 3.67. The van der Waals surface area contributed by atoms with Crippen LogP contribution in [-0.4, -0.2) is 16.9 Å². The van der Waals surface area contributed by atoms with Crippen molar-refractivity contribution >= 4 is 11.7 Å². The number of hydrogen-bond donors (Lipinski definition) is 1. The van der Waals surface area contributed by atoms with Gasteiger partial charge in [0.05, 0.1) is 10.5 Å². The van der Waals surface area contributed by atoms with Gasteiger partial charge in [-0.15, -0.1) is 6.58 Å². The highest BCUT2D eigenvalue weighted by Crippen LogP contribution is 2.18. The highest BCUT2D eigenvalue weighted by molar-refractivity contribution is 5.75. The fourth-order valence-electron chi connectivity index (χ4n) is 1.34. The molecule has 0 heterocycles. The number of esters is 1. The van der Waals surface area contributed by atoms with E-state index in [1.54, 1.807) is 12.1 Å². The second-order valence-electron chi connectivity index (χ2n) is 3.62. The van der Waals surface area contributed by atoms with E-state index in [2.05, 4.69) is 6.58 Å². The minimum Gasteiger partial charge on any atom is -0.459 e. The van der Waals surface area contributed by atoms with Gasteiger partial charge in [-0.05, 0) is 12.5 Å². The summed E-state index contributed by atoms with van der Waals surface area (Å²) in [5, 5.41) is 10.7. The number of nitro groups is 1. The van der Waals surface area contributed by atoms with Crippen LogP contribution < -0.4 is 5.73 Å². The number of hydrogen-bond acceptors (Lipinski definition) is 5. The van der Waals surface area contributed by atoms with Gasteiger partial charge in [0.15, 0.2) is 0 Å². The van der Waals surface area contributed by atoms with Crippen LogP contribution in [0.1, 0.15) is 12.0 Å². The lowest BCUT2D eigenvalue weighted by molar-refractivity contribution is -0.385. The van der Waals surface area contributed by atoms with Crippen molar-refractivity contribution in [1.29, 1.82) is 0 Å². The van der Waals surface area contributed by atoms with Crippen LogP contribution in [0.4, 0.5) is 5.69 Å². The van der Waals surface area contributed by atoms with Crippen LogP contribution in [0.15, 0.2) is 36.9 Å². The molecule has 0 aliphatic heterocycles. The number of nitrogens with two attached hydrogens (primary N) is 1. The molecule has 1 rings (SSSR count). The van der Waals surface area contributed by atoms with Crippen LogP contribution in [0.3, 0.4) is 0 Å². The van der Waals surface area contributed by atoms with Gasteiger partial charge in [-0.2, -0.15) is 0 Å². The number of ether oxygens (including phenoxy) is 1. The van der Waals surface area contributed by atoms with Gasteiger partial charge < -0.3 is 10.5 Å². The topological polar surface area (TPSA) is 95.5 Å². The average molecular weight is 250 g/mol. The van der Waals surface area contributed by atoms with E-state index < -0.39 is 16.9 Å². The van der Waals surface area contributed by atoms with Gasteiger partial charge in [0, 0.05) is 6.07 Å². The van der Waals surface area contributed by atoms with Crippen molar-refractivity contribution < 1.29 is 14.5 Å². The van der Waals surface area contributed by atoms with E-state index in [9.17, 15) is 14.9 Å². The first-order chi connectivity index (χ1) is 8.56. The summed E-state index contributed by atoms with van der Waals surface area (Å²) in [5.41, 5.74) is 5.76. The molecule has 1 aromatic rings. The van der Waals surface area contributed by atoms with Gasteiger partial charge in [0.2, 0.25) is 0 Å². The fraction of sp³-hybridized carbons (Fsp3) is 0.250. The lowest BCUT2D eigenvalue weighted by Gasteiger charge is -2.09. The summed E-state index contributed by atoms with van der Waals surface area (Å²) in [7, 11) is 0. The summed E-state index contributed by atoms with van der Waals surface area (Å²) in [5.74, 6) is -0.604. The Hall–Kier alpha value is -2.21. The van der Waals surface area contributed by atoms with Crippen molar-refractivity contribution in [3.63, 3.8) is 0 Å². The van der Waals surface area contributed by atoms with E-state index >= 15 is 0 Å². The van der Waals surface area contributed by atoms with E-state index in [4.69, 9.17) is 10.5 Å². The van der Waals surface area contributed by atoms with Crippen molar-refractivity contribution in [3.05, 3.63) is 52.6 Å². The molecular weight excluding hydrogens is 236 g/mol. The summed E-state index contributed by atoms with van der Waals surface area (Å²) in [6.07, 6.45) is 1.81. The SMILES string of the molecule is C=CC[C@H](N)C(=O)OCc1ccccc1[N+](=O)[O-]. The number of carbonyl (C=O) groups is 1. The molecule has 18 heavy (non-hydrogen) atoms. The molecule has 2 N–H and O–H groups in total. The zero-order valence-electron chi connectivity index (χ0n) is 9.74. The first kappa shape index (κ1) is 13.9. The van der Waals surface area contributed by atoms with Crippen LogP contribution in [0.5, 0.6) is 0 Å². The molecule has 0 amide bonds. The quantitative estimate of drug-likeness (QED) is 0.357. The summed E-state index contributed by atoms with van der Waals surface area (Å²) < 4.78 is 4.92. The Labute approximate surface area is 104 Å². The average Bonchev–Trinajstić information content (AvgIpc) is 2.36. The van der Waals surface area contributed by atoms with Crippen LogP contribution >= 0.6 is 0 Å². The maximum Gasteiger partial charge on any atom is 0.323 e. The number of nitrogens with zero attached hydrogens (tertiary/aromatic N) is 1. The van der Waals surface area contributed by atoms with E-state index in [-0.39, 0.29) is 12.3 Å². The number of para-hydroxylation sites is 1. The van der Waals surface area contributed by atoms with Gasteiger partial charge in [0.1, 0.15) is 12.6 Å². The molecule has 1 aromatic carbocycles. The number of carbonyl (C=O) groups excluding carboxylic acids is 1. The van der Waals surface area contributed by atoms with Crippen molar-refractivity contribution in [2.75, 3.05) is 0 Å². The third-order valence-corrected chi connectivity index (χ3v) is 2.28. The molecule has 1 atom stereocenters. The van der Waals surface area contributed by atoms with Gasteiger partial charge in [-0.1, -0.05) is 18.2 Å². The zero-order chi connectivity index (χ0) is 13.5. The lowest BCUT2D eigenvalue weighted by atomic mass is 10.2. The molecule has 6 nitrogen and oxygen atoms in total. The van der Waals surface area contributed by atoms with Crippen molar-refractivity contribution in [2.24, 2.45) is 5.73 Å². The van der Waals surface area contributed by atoms with E-state index in [1.807, 2.05) is 0 Å². The Balaban J connectivity index is 2.66. The molecule has 0 radical (unpaired) electrons. The van der Waals surface area contributed by atoms with Crippen molar-refractivity contribution in [1.82, 2.24) is 0 Å². The first-order valence-corrected chi connectivity index (χ1v) is 5.31. The van der Waals surface area contributed by atoms with E-state index in [0.29, 0.717) is 12.0 Å². The number of rotatable bonds is 6. The molecule has 0 bridgehead atoms. The smallest absolute Gasteiger partial charge is 0.323 e. The summed E-state index contributed by atoms with van der Waals surface area (Å²) >= 11 is 0. The second kappa shape index (κ2) is 6.51. The molecule has 0 saturated heterocycles. The molecule has 96 valence electrons. The molecule has 0 aromatic heterocycles. The van der Waals surface area contributed by atoms with Crippen molar-refractivity contribution in [2.45, 2.75) is 19.1 Å². The molecule has 0 aliphatic rings. The standard InChI is InChI=1S/C12H14N2O4/c1-2-5-10(13)12(15)18-8-9-6-3-4-7-11(9)14(16)17/h2-4,6-7,10H,1,5,8,13H2/t10-/m0/s1. The highest BCUT2D eigenvalue weighted by atomic mass is 16.6. The van der Waals surface area contributed by atoms with Gasteiger partial charge in [-0.3, -0.25) is 14.9 Å². The second-order valence-corrected chi connectivity index (χ2v) is 3.62. The maximum absolute atomic E-state index is 11.4. The van der Waals surface area contributed by atoms with E-state index in [0.717, 1.165) is 0 Å². The van der Waals surface area contributed by atoms with Gasteiger partial charge >= 0.3 is 5.97 Å². The van der Waals surface area contributed by atoms with Gasteiger partial charge in [0.25, 0.3) is 5.69 Å². The van der Waals surface area contributed by atoms with Crippen LogP contribution in [-0.2, 0) is 16.1 Å². The Morgan fingerprint density at radius 2 is 2.22 bits per heavy atom. The molecule has 0 spiro atoms. The van der Waals surface area contributed by atoms with Crippen LogP contribution in [0.2, 0.25) is 0 Å². The Morgan fingerprint density at radius 1 is 1.56 bits per heavy atom. The zero-order valence-corrected chi connectivity index (χ0v) is 9.74. The lowest BCUT2D eigenvalue weighted by Crippen LogP contribution is -2.31.